The molecule has 2 rings (SSSR count). The molecular formula is C15H20N2O4. The Morgan fingerprint density at radius 1 is 1.43 bits per heavy atom. The van der Waals surface area contributed by atoms with E-state index in [-0.39, 0.29) is 24.2 Å². The van der Waals surface area contributed by atoms with Gasteiger partial charge >= 0.3 is 0 Å². The zero-order valence-corrected chi connectivity index (χ0v) is 12.1. The summed E-state index contributed by atoms with van der Waals surface area (Å²) in [6.45, 7) is 2.43. The highest BCUT2D eigenvalue weighted by atomic mass is 16.6. The molecule has 6 nitrogen and oxygen atoms in total. The van der Waals surface area contributed by atoms with Gasteiger partial charge in [0, 0.05) is 36.9 Å². The molecule has 0 radical (unpaired) electrons. The number of aliphatic hydroxyl groups is 1. The minimum Gasteiger partial charge on any atom is -0.396 e. The van der Waals surface area contributed by atoms with Crippen LogP contribution in [0.4, 0.5) is 5.69 Å². The summed E-state index contributed by atoms with van der Waals surface area (Å²) in [5.41, 5.74) is 0.990. The van der Waals surface area contributed by atoms with Crippen LogP contribution >= 0.6 is 0 Å². The number of piperidine rings is 1. The lowest BCUT2D eigenvalue weighted by Gasteiger charge is -2.35. The molecule has 1 amide bonds. The summed E-state index contributed by atoms with van der Waals surface area (Å²) in [6, 6.07) is 4.49. The number of nitro groups is 1. The number of aryl methyl sites for hydroxylation is 1. The Bertz CT molecular complexity index is 542. The van der Waals surface area contributed by atoms with Crippen molar-refractivity contribution in [2.75, 3.05) is 13.2 Å². The van der Waals surface area contributed by atoms with Crippen LogP contribution in [0.1, 0.15) is 41.6 Å². The maximum atomic E-state index is 12.6. The van der Waals surface area contributed by atoms with Gasteiger partial charge in [-0.25, -0.2) is 0 Å². The molecule has 1 aliphatic rings. The van der Waals surface area contributed by atoms with Crippen molar-refractivity contribution in [3.63, 3.8) is 0 Å². The third-order valence-corrected chi connectivity index (χ3v) is 3.87. The molecule has 1 aromatic carbocycles. The van der Waals surface area contributed by atoms with Crippen molar-refractivity contribution >= 4 is 11.6 Å². The first kappa shape index (κ1) is 15.4. The Hall–Kier alpha value is -1.95. The third kappa shape index (κ3) is 3.58. The summed E-state index contributed by atoms with van der Waals surface area (Å²) >= 11 is 0. The number of non-ortho nitro benzene ring substituents is 1. The van der Waals surface area contributed by atoms with Crippen molar-refractivity contribution in [1.82, 2.24) is 4.90 Å². The smallest absolute Gasteiger partial charge is 0.270 e. The molecule has 1 aromatic rings. The predicted octanol–water partition coefficient (Wildman–Crippen LogP) is 2.28. The van der Waals surface area contributed by atoms with E-state index in [0.29, 0.717) is 24.1 Å². The van der Waals surface area contributed by atoms with E-state index in [2.05, 4.69) is 0 Å². The van der Waals surface area contributed by atoms with E-state index in [0.717, 1.165) is 19.3 Å². The molecule has 0 spiro atoms. The van der Waals surface area contributed by atoms with Crippen molar-refractivity contribution in [2.24, 2.45) is 0 Å². The lowest BCUT2D eigenvalue weighted by Crippen LogP contribution is -2.44. The molecule has 0 aliphatic carbocycles. The van der Waals surface area contributed by atoms with Crippen LogP contribution in [-0.4, -0.2) is 40.0 Å². The summed E-state index contributed by atoms with van der Waals surface area (Å²) in [7, 11) is 0. The summed E-state index contributed by atoms with van der Waals surface area (Å²) in [5, 5.41) is 20.0. The van der Waals surface area contributed by atoms with Crippen molar-refractivity contribution < 1.29 is 14.8 Å². The molecule has 6 heteroatoms. The van der Waals surface area contributed by atoms with Gasteiger partial charge in [-0.15, -0.1) is 0 Å². The lowest BCUT2D eigenvalue weighted by atomic mass is 9.98. The molecular weight excluding hydrogens is 272 g/mol. The Morgan fingerprint density at radius 2 is 2.19 bits per heavy atom. The number of likely N-dealkylation sites (tertiary alicyclic amines) is 1. The van der Waals surface area contributed by atoms with E-state index in [1.807, 2.05) is 0 Å². The van der Waals surface area contributed by atoms with Gasteiger partial charge < -0.3 is 10.0 Å². The average molecular weight is 292 g/mol. The molecule has 1 heterocycles. The van der Waals surface area contributed by atoms with Crippen molar-refractivity contribution in [3.8, 4) is 0 Å². The van der Waals surface area contributed by atoms with Gasteiger partial charge in [-0.3, -0.25) is 14.9 Å². The van der Waals surface area contributed by atoms with Gasteiger partial charge in [0.25, 0.3) is 11.6 Å². The average Bonchev–Trinajstić information content (AvgIpc) is 2.47. The molecule has 1 unspecified atom stereocenters. The van der Waals surface area contributed by atoms with Gasteiger partial charge in [-0.1, -0.05) is 0 Å². The van der Waals surface area contributed by atoms with Crippen LogP contribution < -0.4 is 0 Å². The van der Waals surface area contributed by atoms with Crippen LogP contribution in [0.5, 0.6) is 0 Å². The Labute approximate surface area is 123 Å². The number of benzene rings is 1. The quantitative estimate of drug-likeness (QED) is 0.681. The van der Waals surface area contributed by atoms with E-state index in [9.17, 15) is 14.9 Å². The van der Waals surface area contributed by atoms with E-state index in [1.54, 1.807) is 17.9 Å². The second-order valence-electron chi connectivity index (χ2n) is 5.47. The molecule has 21 heavy (non-hydrogen) atoms. The normalized spacial score (nSPS) is 18.6. The number of rotatable bonds is 4. The molecule has 1 saturated heterocycles. The zero-order chi connectivity index (χ0) is 15.4. The fourth-order valence-electron chi connectivity index (χ4n) is 2.87. The van der Waals surface area contributed by atoms with Crippen molar-refractivity contribution in [1.29, 1.82) is 0 Å². The Kier molecular flexibility index (Phi) is 4.90. The number of carbonyl (C=O) groups excluding carboxylic acids is 1. The highest BCUT2D eigenvalue weighted by Gasteiger charge is 2.28. The largest absolute Gasteiger partial charge is 0.396 e. The summed E-state index contributed by atoms with van der Waals surface area (Å²) in [6.07, 6.45) is 3.41. The van der Waals surface area contributed by atoms with Crippen molar-refractivity contribution in [2.45, 2.75) is 38.6 Å². The fourth-order valence-corrected chi connectivity index (χ4v) is 2.87. The fraction of sp³-hybridized carbons (Fsp3) is 0.533. The molecule has 0 saturated carbocycles. The molecule has 1 fully saturated rings. The minimum absolute atomic E-state index is 0.0239. The first-order valence-corrected chi connectivity index (χ1v) is 7.21. The lowest BCUT2D eigenvalue weighted by molar-refractivity contribution is -0.384. The van der Waals surface area contributed by atoms with Gasteiger partial charge in [0.15, 0.2) is 0 Å². The summed E-state index contributed by atoms with van der Waals surface area (Å²) in [4.78, 5) is 24.8. The number of aliphatic hydroxyl groups excluding tert-OH is 1. The van der Waals surface area contributed by atoms with Crippen LogP contribution in [0.25, 0.3) is 0 Å². The standard InChI is InChI=1S/C15H20N2O4/c1-11-8-12(10-14(9-11)17(20)21)15(19)16-6-3-2-4-13(16)5-7-18/h8-10,13,18H,2-7H2,1H3. The predicted molar refractivity (Wildman–Crippen MR) is 78.2 cm³/mol. The van der Waals surface area contributed by atoms with Crippen LogP contribution in [0.15, 0.2) is 18.2 Å². The van der Waals surface area contributed by atoms with Gasteiger partial charge in [-0.05, 0) is 44.2 Å². The van der Waals surface area contributed by atoms with Crippen LogP contribution in [0, 0.1) is 17.0 Å². The molecule has 0 aromatic heterocycles. The van der Waals surface area contributed by atoms with Gasteiger partial charge in [0.05, 0.1) is 4.92 Å². The molecule has 114 valence electrons. The Morgan fingerprint density at radius 3 is 2.86 bits per heavy atom. The van der Waals surface area contributed by atoms with E-state index in [4.69, 9.17) is 5.11 Å². The topological polar surface area (TPSA) is 83.7 Å². The number of hydrogen-bond donors (Lipinski definition) is 1. The van der Waals surface area contributed by atoms with E-state index < -0.39 is 4.92 Å². The van der Waals surface area contributed by atoms with Gasteiger partial charge in [-0.2, -0.15) is 0 Å². The van der Waals surface area contributed by atoms with Crippen LogP contribution in [0.2, 0.25) is 0 Å². The molecule has 1 atom stereocenters. The maximum Gasteiger partial charge on any atom is 0.270 e. The summed E-state index contributed by atoms with van der Waals surface area (Å²) < 4.78 is 0. The molecule has 0 bridgehead atoms. The number of nitro benzene ring substituents is 1. The SMILES string of the molecule is Cc1cc(C(=O)N2CCCCC2CCO)cc([N+](=O)[O-])c1. The Balaban J connectivity index is 2.27. The molecule has 1 N–H and O–H groups in total. The number of nitrogens with zero attached hydrogens (tertiary/aromatic N) is 2. The first-order valence-electron chi connectivity index (χ1n) is 7.21. The second-order valence-corrected chi connectivity index (χ2v) is 5.47. The number of amides is 1. The van der Waals surface area contributed by atoms with Crippen LogP contribution in [-0.2, 0) is 0 Å². The first-order chi connectivity index (χ1) is 10.0. The monoisotopic (exact) mass is 292 g/mol. The number of carbonyl (C=O) groups is 1. The van der Waals surface area contributed by atoms with Gasteiger partial charge in [0.1, 0.15) is 0 Å². The molecule has 1 aliphatic heterocycles. The van der Waals surface area contributed by atoms with E-state index >= 15 is 0 Å². The highest BCUT2D eigenvalue weighted by molar-refractivity contribution is 5.95. The number of hydrogen-bond acceptors (Lipinski definition) is 4. The van der Waals surface area contributed by atoms with Gasteiger partial charge in [0.2, 0.25) is 0 Å². The van der Waals surface area contributed by atoms with E-state index in [1.165, 1.54) is 12.1 Å². The minimum atomic E-state index is -0.481. The highest BCUT2D eigenvalue weighted by Crippen LogP contribution is 2.24. The van der Waals surface area contributed by atoms with Crippen molar-refractivity contribution in [3.05, 3.63) is 39.4 Å². The summed E-state index contributed by atoms with van der Waals surface area (Å²) in [5.74, 6) is -0.181. The maximum absolute atomic E-state index is 12.6. The third-order valence-electron chi connectivity index (χ3n) is 3.87. The second kappa shape index (κ2) is 6.67. The van der Waals surface area contributed by atoms with Crippen LogP contribution in [0.3, 0.4) is 0 Å². The zero-order valence-electron chi connectivity index (χ0n) is 12.1.